The van der Waals surface area contributed by atoms with Crippen molar-refractivity contribution in [3.63, 3.8) is 0 Å². The Morgan fingerprint density at radius 3 is 2.12 bits per heavy atom. The van der Waals surface area contributed by atoms with Crippen LogP contribution in [0, 0.1) is 12.7 Å². The maximum atomic E-state index is 13.8. The molecule has 5 atom stereocenters. The number of nitrogens with zero attached hydrogens (tertiary/aromatic N) is 5. The number of azide groups is 1. The lowest BCUT2D eigenvalue weighted by atomic mass is 10.0. The molecule has 0 saturated carbocycles. The average Bonchev–Trinajstić information content (AvgIpc) is 3.58. The molecule has 2 aromatic heterocycles. The van der Waals surface area contributed by atoms with Gasteiger partial charge in [0.25, 0.3) is 11.1 Å². The first kappa shape index (κ1) is 48.5. The number of aromatic amines is 2. The van der Waals surface area contributed by atoms with E-state index in [0.717, 1.165) is 23.8 Å². The molecule has 0 radical (unpaired) electrons. The number of esters is 1. The van der Waals surface area contributed by atoms with Crippen LogP contribution in [0.2, 0.25) is 0 Å². The predicted octanol–water partition coefficient (Wildman–Crippen LogP) is 5.82. The van der Waals surface area contributed by atoms with Crippen LogP contribution in [0.4, 0.5) is 4.39 Å². The van der Waals surface area contributed by atoms with Gasteiger partial charge in [0, 0.05) is 29.7 Å². The van der Waals surface area contributed by atoms with Gasteiger partial charge >= 0.3 is 25.2 Å². The largest absolute Gasteiger partial charge is 0.472 e. The SMILES string of the molecule is CCCCCCCCCCCCCCCCCCOC[C@H](COP(=O)(O)OC[C@H]1O[C@@H](n2cc(C)c(=O)[nH]c2=O)C[C@@H]1N=[N+]=[N-])OC(=O)Cn1cc(F)c(=O)[nH]c1=O. The van der Waals surface area contributed by atoms with E-state index >= 15 is 0 Å². The summed E-state index contributed by atoms with van der Waals surface area (Å²) in [5, 5.41) is 3.64. The van der Waals surface area contributed by atoms with Crippen LogP contribution in [-0.4, -0.2) is 74.6 Å². The number of hydrogen-bond donors (Lipinski definition) is 3. The van der Waals surface area contributed by atoms with Crippen molar-refractivity contribution in [2.24, 2.45) is 5.11 Å². The highest BCUT2D eigenvalue weighted by Crippen LogP contribution is 2.44. The van der Waals surface area contributed by atoms with E-state index < -0.39 is 86.3 Å². The Morgan fingerprint density at radius 1 is 0.931 bits per heavy atom. The van der Waals surface area contributed by atoms with Gasteiger partial charge in [0.15, 0.2) is 0 Å². The average molecular weight is 844 g/mol. The van der Waals surface area contributed by atoms with Gasteiger partial charge in [-0.2, -0.15) is 4.39 Å². The molecule has 326 valence electrons. The monoisotopic (exact) mass is 843 g/mol. The quantitative estimate of drug-likeness (QED) is 0.0210. The fourth-order valence-electron chi connectivity index (χ4n) is 6.45. The fourth-order valence-corrected chi connectivity index (χ4v) is 7.22. The minimum absolute atomic E-state index is 0.0167. The third kappa shape index (κ3) is 17.9. The molecule has 58 heavy (non-hydrogen) atoms. The van der Waals surface area contributed by atoms with Crippen LogP contribution in [-0.2, 0) is 39.2 Å². The summed E-state index contributed by atoms with van der Waals surface area (Å²) < 4.78 is 55.4. The minimum Gasteiger partial charge on any atom is -0.456 e. The minimum atomic E-state index is -4.89. The van der Waals surface area contributed by atoms with Gasteiger partial charge in [-0.05, 0) is 18.9 Å². The Balaban J connectivity index is 1.45. The highest BCUT2D eigenvalue weighted by molar-refractivity contribution is 7.47. The van der Waals surface area contributed by atoms with Crippen molar-refractivity contribution in [1.82, 2.24) is 19.1 Å². The molecule has 19 nitrogen and oxygen atoms in total. The molecule has 0 aromatic carbocycles. The summed E-state index contributed by atoms with van der Waals surface area (Å²) >= 11 is 0. The standard InChI is InChI=1S/C37H59FN7O12P/c1-3-4-5-6-7-8-9-10-11-12-13-14-15-16-17-18-19-53-24-28(56-33(46)23-44-22-29(38)35(48)41-36(44)49)25-54-58(51,52)55-26-31-30(42-43-39)20-32(57-31)45-21-27(2)34(47)40-37(45)50/h21-22,28,30-32H,3-20,23-26H2,1-2H3,(H,51,52)(H,40,47,50)(H,41,48,49)/t28-,30+,31-,32-/m1/s1. The van der Waals surface area contributed by atoms with Crippen LogP contribution in [0.5, 0.6) is 0 Å². The summed E-state index contributed by atoms with van der Waals surface area (Å²) in [5.41, 5.74) is 5.60. The van der Waals surface area contributed by atoms with Crippen LogP contribution in [0.15, 0.2) is 36.7 Å². The number of aromatic nitrogens is 4. The second-order valence-corrected chi connectivity index (χ2v) is 16.0. The van der Waals surface area contributed by atoms with Crippen LogP contribution >= 0.6 is 7.82 Å². The number of ether oxygens (including phenoxy) is 3. The number of unbranched alkanes of at least 4 members (excludes halogenated alkanes) is 15. The molecule has 0 aliphatic carbocycles. The molecule has 21 heteroatoms. The Labute approximate surface area is 335 Å². The van der Waals surface area contributed by atoms with Crippen molar-refractivity contribution in [2.75, 3.05) is 26.4 Å². The summed E-state index contributed by atoms with van der Waals surface area (Å²) in [6, 6.07) is -0.929. The molecular formula is C37H59FN7O12P. The van der Waals surface area contributed by atoms with Crippen LogP contribution < -0.4 is 22.5 Å². The predicted molar refractivity (Wildman–Crippen MR) is 211 cm³/mol. The number of nitrogens with one attached hydrogen (secondary N) is 2. The first-order chi connectivity index (χ1) is 27.8. The Hall–Kier alpha value is -3.90. The van der Waals surface area contributed by atoms with Gasteiger partial charge in [-0.1, -0.05) is 108 Å². The van der Waals surface area contributed by atoms with Crippen molar-refractivity contribution >= 4 is 13.8 Å². The summed E-state index contributed by atoms with van der Waals surface area (Å²) in [4.78, 5) is 77.4. The maximum absolute atomic E-state index is 13.8. The van der Waals surface area contributed by atoms with E-state index in [1.165, 1.54) is 90.2 Å². The van der Waals surface area contributed by atoms with Gasteiger partial charge in [-0.15, -0.1) is 0 Å². The molecule has 1 unspecified atom stereocenters. The van der Waals surface area contributed by atoms with Crippen LogP contribution in [0.3, 0.4) is 0 Å². The van der Waals surface area contributed by atoms with Crippen molar-refractivity contribution in [3.05, 3.63) is 75.9 Å². The van der Waals surface area contributed by atoms with Gasteiger partial charge in [-0.25, -0.2) is 14.2 Å². The lowest BCUT2D eigenvalue weighted by Crippen LogP contribution is -2.36. The number of phosphoric ester groups is 1. The number of rotatable bonds is 30. The third-order valence-corrected chi connectivity index (χ3v) is 10.6. The van der Waals surface area contributed by atoms with Gasteiger partial charge < -0.3 is 19.1 Å². The Bertz CT molecular complexity index is 1900. The topological polar surface area (TPSA) is 259 Å². The van der Waals surface area contributed by atoms with Crippen molar-refractivity contribution in [2.45, 2.75) is 154 Å². The number of aryl methyl sites for hydroxylation is 1. The molecule has 0 bridgehead atoms. The number of carbonyl (C=O) groups excluding carboxylic acids is 1. The zero-order chi connectivity index (χ0) is 42.3. The second kappa shape index (κ2) is 26.3. The summed E-state index contributed by atoms with van der Waals surface area (Å²) in [6.07, 6.45) is 17.8. The Kier molecular flexibility index (Phi) is 21.9. The molecule has 0 spiro atoms. The second-order valence-electron chi connectivity index (χ2n) is 14.5. The van der Waals surface area contributed by atoms with Crippen LogP contribution in [0.1, 0.15) is 128 Å². The van der Waals surface area contributed by atoms with E-state index in [4.69, 9.17) is 28.8 Å². The summed E-state index contributed by atoms with van der Waals surface area (Å²) in [6.45, 7) is 1.63. The van der Waals surface area contributed by atoms with Crippen molar-refractivity contribution < 1.29 is 41.9 Å². The Morgan fingerprint density at radius 2 is 1.52 bits per heavy atom. The maximum Gasteiger partial charge on any atom is 0.472 e. The zero-order valence-electron chi connectivity index (χ0n) is 33.5. The van der Waals surface area contributed by atoms with E-state index in [9.17, 15) is 37.8 Å². The van der Waals surface area contributed by atoms with E-state index in [2.05, 4.69) is 21.9 Å². The van der Waals surface area contributed by atoms with Gasteiger partial charge in [0.05, 0.1) is 38.2 Å². The summed E-state index contributed by atoms with van der Waals surface area (Å²) in [5.74, 6) is -2.36. The van der Waals surface area contributed by atoms with Gasteiger partial charge in [-0.3, -0.25) is 42.5 Å². The number of H-pyrrole nitrogens is 2. The molecule has 2 aromatic rings. The smallest absolute Gasteiger partial charge is 0.456 e. The molecule has 3 heterocycles. The fraction of sp³-hybridized carbons (Fsp3) is 0.757. The van der Waals surface area contributed by atoms with E-state index in [0.29, 0.717) is 23.8 Å². The third-order valence-electron chi connectivity index (χ3n) is 9.70. The lowest BCUT2D eigenvalue weighted by molar-refractivity contribution is -0.155. The number of carbonyl (C=O) groups is 1. The van der Waals surface area contributed by atoms with Gasteiger partial charge in [0.2, 0.25) is 5.82 Å². The molecule has 3 N–H and O–H groups in total. The molecule has 3 rings (SSSR count). The number of phosphoric acid groups is 1. The van der Waals surface area contributed by atoms with E-state index in [-0.39, 0.29) is 18.6 Å². The van der Waals surface area contributed by atoms with Crippen molar-refractivity contribution in [1.29, 1.82) is 0 Å². The molecule has 0 amide bonds. The van der Waals surface area contributed by atoms with Gasteiger partial charge in [0.1, 0.15) is 18.9 Å². The molecule has 1 aliphatic rings. The first-order valence-electron chi connectivity index (χ1n) is 20.2. The zero-order valence-corrected chi connectivity index (χ0v) is 34.4. The molecule has 1 saturated heterocycles. The molecular weight excluding hydrogens is 784 g/mol. The molecule has 1 fully saturated rings. The normalized spacial score (nSPS) is 18.1. The number of hydrogen-bond acceptors (Lipinski definition) is 12. The van der Waals surface area contributed by atoms with E-state index in [1.807, 2.05) is 0 Å². The van der Waals surface area contributed by atoms with Crippen molar-refractivity contribution in [3.8, 4) is 0 Å². The number of halogens is 1. The highest BCUT2D eigenvalue weighted by atomic mass is 31.2. The molecule has 1 aliphatic heterocycles. The highest BCUT2D eigenvalue weighted by Gasteiger charge is 2.38. The van der Waals surface area contributed by atoms with Crippen LogP contribution in [0.25, 0.3) is 10.4 Å². The van der Waals surface area contributed by atoms with E-state index in [1.54, 1.807) is 4.98 Å². The first-order valence-corrected chi connectivity index (χ1v) is 21.7. The summed E-state index contributed by atoms with van der Waals surface area (Å²) in [7, 11) is -4.89. The lowest BCUT2D eigenvalue weighted by Gasteiger charge is -2.21.